The second-order valence-electron chi connectivity index (χ2n) is 4.26. The first-order chi connectivity index (χ1) is 7.74. The van der Waals surface area contributed by atoms with Crippen molar-refractivity contribution < 1.29 is 4.39 Å². The van der Waals surface area contributed by atoms with Crippen molar-refractivity contribution in [3.8, 4) is 0 Å². The average Bonchev–Trinajstić information content (AvgIpc) is 3.04. The average molecular weight is 283 g/mol. The lowest BCUT2D eigenvalue weighted by Crippen LogP contribution is -2.15. The molecule has 1 fully saturated rings. The molecule has 2 nitrogen and oxygen atoms in total. The first-order valence-electron chi connectivity index (χ1n) is 5.43. The molecule has 1 saturated carbocycles. The Balaban J connectivity index is 1.94. The predicted octanol–water partition coefficient (Wildman–Crippen LogP) is 3.32. The van der Waals surface area contributed by atoms with Crippen molar-refractivity contribution in [3.05, 3.63) is 34.2 Å². The molecule has 4 heteroatoms. The molecule has 0 spiro atoms. The molecule has 2 aromatic rings. The summed E-state index contributed by atoms with van der Waals surface area (Å²) in [5.74, 6) is -0.200. The lowest BCUT2D eigenvalue weighted by atomic mass is 10.2. The van der Waals surface area contributed by atoms with Gasteiger partial charge in [-0.25, -0.2) is 4.39 Å². The minimum absolute atomic E-state index is 0.200. The van der Waals surface area contributed by atoms with Crippen LogP contribution in [0.3, 0.4) is 0 Å². The summed E-state index contributed by atoms with van der Waals surface area (Å²) < 4.78 is 14.1. The van der Waals surface area contributed by atoms with E-state index in [1.165, 1.54) is 18.9 Å². The van der Waals surface area contributed by atoms with Gasteiger partial charge in [-0.2, -0.15) is 0 Å². The lowest BCUT2D eigenvalue weighted by molar-refractivity contribution is 0.629. The zero-order valence-electron chi connectivity index (χ0n) is 8.69. The summed E-state index contributed by atoms with van der Waals surface area (Å²) in [5.41, 5.74) is 2.06. The number of hydrogen-bond acceptors (Lipinski definition) is 1. The van der Waals surface area contributed by atoms with E-state index in [1.54, 1.807) is 12.1 Å². The molecule has 1 aliphatic rings. The van der Waals surface area contributed by atoms with Crippen LogP contribution < -0.4 is 5.32 Å². The molecular formula is C12H12BrFN2. The highest BCUT2D eigenvalue weighted by atomic mass is 79.9. The fourth-order valence-electron chi connectivity index (χ4n) is 1.84. The van der Waals surface area contributed by atoms with E-state index in [0.717, 1.165) is 27.6 Å². The van der Waals surface area contributed by atoms with E-state index in [-0.39, 0.29) is 5.82 Å². The highest BCUT2D eigenvalue weighted by Gasteiger charge is 2.21. The normalized spacial score (nSPS) is 15.9. The van der Waals surface area contributed by atoms with Gasteiger partial charge in [0.2, 0.25) is 0 Å². The van der Waals surface area contributed by atoms with Crippen molar-refractivity contribution in [2.45, 2.75) is 25.4 Å². The number of benzene rings is 1. The maximum atomic E-state index is 13.1. The van der Waals surface area contributed by atoms with Crippen molar-refractivity contribution in [1.29, 1.82) is 0 Å². The lowest BCUT2D eigenvalue weighted by Gasteiger charge is -2.00. The summed E-state index contributed by atoms with van der Waals surface area (Å²) in [7, 11) is 0. The van der Waals surface area contributed by atoms with Crippen LogP contribution >= 0.6 is 15.9 Å². The van der Waals surface area contributed by atoms with Gasteiger partial charge in [-0.3, -0.25) is 0 Å². The standard InChI is InChI=1S/C12H12BrFN2/c13-12-9-5-7(14)1-4-10(9)16-11(12)6-15-8-2-3-8/h1,4-5,8,15-16H,2-3,6H2. The molecular weight excluding hydrogens is 271 g/mol. The monoisotopic (exact) mass is 282 g/mol. The Kier molecular flexibility index (Phi) is 2.48. The van der Waals surface area contributed by atoms with E-state index >= 15 is 0 Å². The zero-order valence-corrected chi connectivity index (χ0v) is 10.3. The van der Waals surface area contributed by atoms with Gasteiger partial charge in [-0.15, -0.1) is 0 Å². The van der Waals surface area contributed by atoms with Gasteiger partial charge in [0.05, 0.1) is 0 Å². The Morgan fingerprint density at radius 2 is 2.25 bits per heavy atom. The summed E-state index contributed by atoms with van der Waals surface area (Å²) >= 11 is 3.52. The molecule has 1 aromatic carbocycles. The van der Waals surface area contributed by atoms with Crippen LogP contribution in [0, 0.1) is 5.82 Å². The molecule has 1 heterocycles. The summed E-state index contributed by atoms with van der Waals surface area (Å²) in [5, 5.41) is 4.34. The number of halogens is 2. The number of nitrogens with one attached hydrogen (secondary N) is 2. The van der Waals surface area contributed by atoms with Crippen LogP contribution in [0.2, 0.25) is 0 Å². The first kappa shape index (κ1) is 10.3. The fourth-order valence-corrected chi connectivity index (χ4v) is 2.41. The molecule has 84 valence electrons. The molecule has 0 bridgehead atoms. The van der Waals surface area contributed by atoms with Gasteiger partial charge in [0, 0.05) is 33.7 Å². The predicted molar refractivity (Wildman–Crippen MR) is 65.8 cm³/mol. The SMILES string of the molecule is Fc1ccc2[nH]c(CNC3CC3)c(Br)c2c1. The second-order valence-corrected chi connectivity index (χ2v) is 5.06. The van der Waals surface area contributed by atoms with Crippen molar-refractivity contribution in [3.63, 3.8) is 0 Å². The van der Waals surface area contributed by atoms with Gasteiger partial charge >= 0.3 is 0 Å². The van der Waals surface area contributed by atoms with E-state index in [2.05, 4.69) is 26.2 Å². The molecule has 1 aromatic heterocycles. The van der Waals surface area contributed by atoms with E-state index in [9.17, 15) is 4.39 Å². The highest BCUT2D eigenvalue weighted by Crippen LogP contribution is 2.29. The maximum absolute atomic E-state index is 13.1. The molecule has 0 aliphatic heterocycles. The summed E-state index contributed by atoms with van der Waals surface area (Å²) in [6.07, 6.45) is 2.54. The van der Waals surface area contributed by atoms with Crippen LogP contribution in [0.1, 0.15) is 18.5 Å². The van der Waals surface area contributed by atoms with Gasteiger partial charge in [0.15, 0.2) is 0 Å². The summed E-state index contributed by atoms with van der Waals surface area (Å²) in [6.45, 7) is 0.807. The van der Waals surface area contributed by atoms with Gasteiger partial charge in [0.25, 0.3) is 0 Å². The van der Waals surface area contributed by atoms with Crippen LogP contribution in [-0.2, 0) is 6.54 Å². The molecule has 0 atom stereocenters. The Morgan fingerprint density at radius 1 is 1.44 bits per heavy atom. The Labute approximate surface area is 101 Å². The number of hydrogen-bond donors (Lipinski definition) is 2. The molecule has 1 aliphatic carbocycles. The van der Waals surface area contributed by atoms with Crippen LogP contribution in [0.25, 0.3) is 10.9 Å². The fraction of sp³-hybridized carbons (Fsp3) is 0.333. The van der Waals surface area contributed by atoms with Crippen molar-refractivity contribution >= 4 is 26.8 Å². The molecule has 0 unspecified atom stereocenters. The maximum Gasteiger partial charge on any atom is 0.123 e. The number of rotatable bonds is 3. The third kappa shape index (κ3) is 1.87. The third-order valence-electron chi connectivity index (χ3n) is 2.91. The summed E-state index contributed by atoms with van der Waals surface area (Å²) in [4.78, 5) is 3.30. The van der Waals surface area contributed by atoms with E-state index < -0.39 is 0 Å². The largest absolute Gasteiger partial charge is 0.356 e. The van der Waals surface area contributed by atoms with Crippen molar-refractivity contribution in [2.75, 3.05) is 0 Å². The Bertz CT molecular complexity index is 531. The van der Waals surface area contributed by atoms with E-state index in [1.807, 2.05) is 0 Å². The van der Waals surface area contributed by atoms with Gasteiger partial charge in [0.1, 0.15) is 5.82 Å². The Hall–Kier alpha value is -0.870. The molecule has 0 saturated heterocycles. The zero-order chi connectivity index (χ0) is 11.1. The molecule has 3 rings (SSSR count). The van der Waals surface area contributed by atoms with Crippen molar-refractivity contribution in [2.24, 2.45) is 0 Å². The van der Waals surface area contributed by atoms with Gasteiger partial charge in [-0.05, 0) is 47.0 Å². The minimum Gasteiger partial charge on any atom is -0.356 e. The number of aromatic nitrogens is 1. The highest BCUT2D eigenvalue weighted by molar-refractivity contribution is 9.10. The molecule has 2 N–H and O–H groups in total. The quantitative estimate of drug-likeness (QED) is 0.888. The van der Waals surface area contributed by atoms with E-state index in [0.29, 0.717) is 6.04 Å². The minimum atomic E-state index is -0.200. The Morgan fingerprint density at radius 3 is 3.00 bits per heavy atom. The second kappa shape index (κ2) is 3.86. The number of fused-ring (bicyclic) bond motifs is 1. The summed E-state index contributed by atoms with van der Waals surface area (Å²) in [6, 6.07) is 5.48. The molecule has 0 radical (unpaired) electrons. The van der Waals surface area contributed by atoms with Crippen LogP contribution in [-0.4, -0.2) is 11.0 Å². The van der Waals surface area contributed by atoms with E-state index in [4.69, 9.17) is 0 Å². The van der Waals surface area contributed by atoms with Gasteiger partial charge in [-0.1, -0.05) is 0 Å². The smallest absolute Gasteiger partial charge is 0.123 e. The first-order valence-corrected chi connectivity index (χ1v) is 6.22. The number of H-pyrrole nitrogens is 1. The van der Waals surface area contributed by atoms with Gasteiger partial charge < -0.3 is 10.3 Å². The van der Waals surface area contributed by atoms with Crippen LogP contribution in [0.15, 0.2) is 22.7 Å². The van der Waals surface area contributed by atoms with Crippen LogP contribution in [0.4, 0.5) is 4.39 Å². The van der Waals surface area contributed by atoms with Crippen molar-refractivity contribution in [1.82, 2.24) is 10.3 Å². The third-order valence-corrected chi connectivity index (χ3v) is 3.82. The molecule has 16 heavy (non-hydrogen) atoms. The topological polar surface area (TPSA) is 27.8 Å². The number of aromatic amines is 1. The molecule has 0 amide bonds. The van der Waals surface area contributed by atoms with Crippen LogP contribution in [0.5, 0.6) is 0 Å².